The van der Waals surface area contributed by atoms with Crippen LogP contribution in [-0.2, 0) is 12.2 Å². The number of carbonyl (C=O) groups is 1. The number of rotatable bonds is 5. The van der Waals surface area contributed by atoms with Crippen LogP contribution in [0.15, 0.2) is 46.8 Å². The fraction of sp³-hybridized carbons (Fsp3) is 0.167. The van der Waals surface area contributed by atoms with E-state index in [1.807, 2.05) is 12.1 Å². The summed E-state index contributed by atoms with van der Waals surface area (Å²) in [7, 11) is 0. The Morgan fingerprint density at radius 2 is 2.08 bits per heavy atom. The highest BCUT2D eigenvalue weighted by atomic mass is 32.2. The minimum absolute atomic E-state index is 0.217. The minimum atomic E-state index is -0.252. The number of carbonyl (C=O) groups excluding carboxylic acids is 1. The van der Waals surface area contributed by atoms with Gasteiger partial charge in [-0.15, -0.1) is 10.2 Å². The lowest BCUT2D eigenvalue weighted by atomic mass is 10.1. The van der Waals surface area contributed by atoms with Crippen molar-refractivity contribution >= 4 is 34.1 Å². The monoisotopic (exact) mass is 387 g/mol. The van der Waals surface area contributed by atoms with Crippen molar-refractivity contribution in [3.8, 4) is 5.75 Å². The van der Waals surface area contributed by atoms with Crippen molar-refractivity contribution < 1.29 is 13.9 Å². The van der Waals surface area contributed by atoms with Crippen LogP contribution in [-0.4, -0.2) is 22.7 Å². The Balaban J connectivity index is 1.37. The third kappa shape index (κ3) is 3.86. The average Bonchev–Trinajstić information content (AvgIpc) is 3.29. The van der Waals surface area contributed by atoms with E-state index >= 15 is 0 Å². The van der Waals surface area contributed by atoms with Crippen molar-refractivity contribution in [2.45, 2.75) is 16.5 Å². The third-order valence-electron chi connectivity index (χ3n) is 3.85. The van der Waals surface area contributed by atoms with Gasteiger partial charge >= 0.3 is 0 Å². The molecule has 1 aromatic heterocycles. The molecule has 5 nitrogen and oxygen atoms in total. The summed E-state index contributed by atoms with van der Waals surface area (Å²) in [4.78, 5) is 12.4. The van der Waals surface area contributed by atoms with Gasteiger partial charge in [0, 0.05) is 17.7 Å². The Kier molecular flexibility index (Phi) is 4.85. The standard InChI is InChI=1S/C18H14FN3O2S2/c19-14-4-1-11(2-5-14)10-25-18-22-21-17(26-18)20-16(23)13-3-6-15-12(9-13)7-8-24-15/h1-6,9H,7-8,10H2,(H,20,21,23). The van der Waals surface area contributed by atoms with Crippen molar-refractivity contribution in [2.75, 3.05) is 11.9 Å². The Morgan fingerprint density at radius 3 is 2.92 bits per heavy atom. The fourth-order valence-corrected chi connectivity index (χ4v) is 4.24. The Labute approximate surface area is 157 Å². The zero-order valence-electron chi connectivity index (χ0n) is 13.6. The summed E-state index contributed by atoms with van der Waals surface area (Å²) >= 11 is 2.81. The van der Waals surface area contributed by atoms with Gasteiger partial charge in [0.1, 0.15) is 11.6 Å². The number of thioether (sulfide) groups is 1. The van der Waals surface area contributed by atoms with E-state index in [1.54, 1.807) is 18.2 Å². The topological polar surface area (TPSA) is 64.1 Å². The summed E-state index contributed by atoms with van der Waals surface area (Å²) in [6.45, 7) is 0.658. The minimum Gasteiger partial charge on any atom is -0.493 e. The highest BCUT2D eigenvalue weighted by Gasteiger charge is 2.16. The number of anilines is 1. The van der Waals surface area contributed by atoms with Gasteiger partial charge in [0.05, 0.1) is 6.61 Å². The highest BCUT2D eigenvalue weighted by molar-refractivity contribution is 8.00. The molecule has 1 amide bonds. The van der Waals surface area contributed by atoms with Gasteiger partial charge in [0.15, 0.2) is 4.34 Å². The quantitative estimate of drug-likeness (QED) is 0.526. The summed E-state index contributed by atoms with van der Waals surface area (Å²) in [5.74, 6) is 1.04. The van der Waals surface area contributed by atoms with E-state index < -0.39 is 0 Å². The molecule has 0 bridgehead atoms. The lowest BCUT2D eigenvalue weighted by molar-refractivity contribution is 0.102. The number of benzene rings is 2. The molecule has 0 unspecified atom stereocenters. The Bertz CT molecular complexity index is 944. The summed E-state index contributed by atoms with van der Waals surface area (Å²) in [6, 6.07) is 11.8. The van der Waals surface area contributed by atoms with Gasteiger partial charge in [-0.2, -0.15) is 0 Å². The van der Waals surface area contributed by atoms with E-state index in [4.69, 9.17) is 4.74 Å². The van der Waals surface area contributed by atoms with Gasteiger partial charge in [-0.1, -0.05) is 35.2 Å². The average molecular weight is 387 g/mol. The molecule has 0 spiro atoms. The van der Waals surface area contributed by atoms with Crippen LogP contribution in [0.1, 0.15) is 21.5 Å². The van der Waals surface area contributed by atoms with Crippen LogP contribution in [0.4, 0.5) is 9.52 Å². The van der Waals surface area contributed by atoms with Crippen LogP contribution in [0.5, 0.6) is 5.75 Å². The maximum absolute atomic E-state index is 12.9. The van der Waals surface area contributed by atoms with E-state index in [0.717, 1.165) is 27.6 Å². The molecule has 2 aromatic carbocycles. The van der Waals surface area contributed by atoms with Gasteiger partial charge < -0.3 is 4.74 Å². The van der Waals surface area contributed by atoms with E-state index in [0.29, 0.717) is 23.1 Å². The van der Waals surface area contributed by atoms with Crippen molar-refractivity contribution in [1.82, 2.24) is 10.2 Å². The van der Waals surface area contributed by atoms with Crippen molar-refractivity contribution in [2.24, 2.45) is 0 Å². The largest absolute Gasteiger partial charge is 0.493 e. The normalized spacial score (nSPS) is 12.5. The zero-order chi connectivity index (χ0) is 17.9. The van der Waals surface area contributed by atoms with Crippen LogP contribution in [0.2, 0.25) is 0 Å². The van der Waals surface area contributed by atoms with Gasteiger partial charge in [0.25, 0.3) is 5.91 Å². The first kappa shape index (κ1) is 17.0. The molecule has 0 fully saturated rings. The van der Waals surface area contributed by atoms with Crippen molar-refractivity contribution in [3.63, 3.8) is 0 Å². The lowest BCUT2D eigenvalue weighted by Gasteiger charge is -2.03. The van der Waals surface area contributed by atoms with Crippen LogP contribution >= 0.6 is 23.1 Å². The Morgan fingerprint density at radius 1 is 1.23 bits per heavy atom. The smallest absolute Gasteiger partial charge is 0.257 e. The molecule has 0 aliphatic carbocycles. The van der Waals surface area contributed by atoms with E-state index in [9.17, 15) is 9.18 Å². The second-order valence-electron chi connectivity index (χ2n) is 5.66. The molecule has 1 aliphatic heterocycles. The molecular formula is C18H14FN3O2S2. The maximum Gasteiger partial charge on any atom is 0.257 e. The second-order valence-corrected chi connectivity index (χ2v) is 7.86. The molecule has 0 radical (unpaired) electrons. The first-order chi connectivity index (χ1) is 12.7. The molecule has 0 atom stereocenters. The van der Waals surface area contributed by atoms with Crippen LogP contribution in [0, 0.1) is 5.82 Å². The Hall–Kier alpha value is -2.45. The molecular weight excluding hydrogens is 373 g/mol. The van der Waals surface area contributed by atoms with Crippen LogP contribution in [0.25, 0.3) is 0 Å². The van der Waals surface area contributed by atoms with Gasteiger partial charge in [0.2, 0.25) is 5.13 Å². The predicted octanol–water partition coefficient (Wildman–Crippen LogP) is 4.16. The van der Waals surface area contributed by atoms with Gasteiger partial charge in [-0.3, -0.25) is 10.1 Å². The zero-order valence-corrected chi connectivity index (χ0v) is 15.2. The number of fused-ring (bicyclic) bond motifs is 1. The summed E-state index contributed by atoms with van der Waals surface area (Å²) in [6.07, 6.45) is 0.819. The van der Waals surface area contributed by atoms with E-state index in [2.05, 4.69) is 15.5 Å². The number of nitrogens with one attached hydrogen (secondary N) is 1. The molecule has 1 aliphatic rings. The molecule has 0 saturated carbocycles. The fourth-order valence-electron chi connectivity index (χ4n) is 2.54. The molecule has 0 saturated heterocycles. The number of ether oxygens (including phenoxy) is 1. The molecule has 4 rings (SSSR count). The second kappa shape index (κ2) is 7.43. The lowest BCUT2D eigenvalue weighted by Crippen LogP contribution is -2.11. The van der Waals surface area contributed by atoms with Crippen molar-refractivity contribution in [1.29, 1.82) is 0 Å². The number of hydrogen-bond acceptors (Lipinski definition) is 6. The summed E-state index contributed by atoms with van der Waals surface area (Å²) in [5.41, 5.74) is 2.62. The number of aromatic nitrogens is 2. The van der Waals surface area contributed by atoms with Crippen LogP contribution < -0.4 is 10.1 Å². The predicted molar refractivity (Wildman–Crippen MR) is 99.5 cm³/mol. The van der Waals surface area contributed by atoms with Crippen molar-refractivity contribution in [3.05, 3.63) is 65.0 Å². The summed E-state index contributed by atoms with van der Waals surface area (Å²) < 4.78 is 19.1. The highest BCUT2D eigenvalue weighted by Crippen LogP contribution is 2.29. The molecule has 2 heterocycles. The maximum atomic E-state index is 12.9. The van der Waals surface area contributed by atoms with Gasteiger partial charge in [-0.05, 0) is 41.5 Å². The summed E-state index contributed by atoms with van der Waals surface area (Å²) in [5, 5.41) is 11.3. The number of amides is 1. The SMILES string of the molecule is O=C(Nc1nnc(SCc2ccc(F)cc2)s1)c1ccc2c(c1)CCO2. The number of halogens is 1. The van der Waals surface area contributed by atoms with E-state index in [-0.39, 0.29) is 11.7 Å². The first-order valence-electron chi connectivity index (χ1n) is 7.95. The van der Waals surface area contributed by atoms with E-state index in [1.165, 1.54) is 35.2 Å². The first-order valence-corrected chi connectivity index (χ1v) is 9.75. The molecule has 1 N–H and O–H groups in total. The number of nitrogens with zero attached hydrogens (tertiary/aromatic N) is 2. The molecule has 3 aromatic rings. The third-order valence-corrected chi connectivity index (χ3v) is 5.90. The van der Waals surface area contributed by atoms with Crippen LogP contribution in [0.3, 0.4) is 0 Å². The molecule has 8 heteroatoms. The molecule has 132 valence electrons. The van der Waals surface area contributed by atoms with Gasteiger partial charge in [-0.25, -0.2) is 4.39 Å². The number of hydrogen-bond donors (Lipinski definition) is 1. The molecule has 26 heavy (non-hydrogen) atoms.